The van der Waals surface area contributed by atoms with Crippen LogP contribution in [-0.4, -0.2) is 50.9 Å². The van der Waals surface area contributed by atoms with E-state index in [2.05, 4.69) is 5.32 Å². The molecule has 1 aliphatic rings. The number of methoxy groups -OCH3 is 1. The van der Waals surface area contributed by atoms with E-state index in [1.807, 2.05) is 37.3 Å². The summed E-state index contributed by atoms with van der Waals surface area (Å²) in [7, 11) is -2.71. The van der Waals surface area contributed by atoms with Crippen LogP contribution in [0.1, 0.15) is 42.4 Å². The summed E-state index contributed by atoms with van der Waals surface area (Å²) >= 11 is 12.8. The number of sulfonamides is 1. The summed E-state index contributed by atoms with van der Waals surface area (Å²) in [6.45, 7) is 1.24. The minimum Gasteiger partial charge on any atom is -0.497 e. The highest BCUT2D eigenvalue weighted by Gasteiger charge is 2.36. The van der Waals surface area contributed by atoms with E-state index >= 15 is 0 Å². The zero-order valence-electron chi connectivity index (χ0n) is 26.9. The summed E-state index contributed by atoms with van der Waals surface area (Å²) in [5.74, 6) is -0.347. The molecule has 0 radical (unpaired) electrons. The zero-order chi connectivity index (χ0) is 34.3. The van der Waals surface area contributed by atoms with Gasteiger partial charge in [0.15, 0.2) is 0 Å². The van der Waals surface area contributed by atoms with E-state index in [9.17, 15) is 18.0 Å². The average Bonchev–Trinajstić information content (AvgIpc) is 3.59. The molecule has 1 aliphatic carbocycles. The smallest absolute Gasteiger partial charge is 0.264 e. The van der Waals surface area contributed by atoms with E-state index in [0.717, 1.165) is 41.1 Å². The third kappa shape index (κ3) is 8.69. The van der Waals surface area contributed by atoms with E-state index in [0.29, 0.717) is 21.4 Å². The van der Waals surface area contributed by atoms with Crippen molar-refractivity contribution in [3.8, 4) is 5.75 Å². The Morgan fingerprint density at radius 2 is 1.58 bits per heavy atom. The predicted octanol–water partition coefficient (Wildman–Crippen LogP) is 7.20. The van der Waals surface area contributed by atoms with Crippen LogP contribution in [0.25, 0.3) is 0 Å². The molecule has 1 saturated carbocycles. The summed E-state index contributed by atoms with van der Waals surface area (Å²) in [6.07, 6.45) is 3.97. The topological polar surface area (TPSA) is 96.0 Å². The molecule has 252 valence electrons. The monoisotopic (exact) mass is 707 g/mol. The van der Waals surface area contributed by atoms with Crippen molar-refractivity contribution >= 4 is 50.7 Å². The van der Waals surface area contributed by atoms with Gasteiger partial charge in [0.2, 0.25) is 11.8 Å². The number of rotatable bonds is 13. The standard InChI is InChI=1S/C37H39Cl2N3O5S/c1-26-12-20-33(21-13-26)48(45,46)42(31-16-18-32(47-2)19-17-31)25-36(43)41(24-28-14-15-29(38)23-34(28)39)35(22-27-8-4-3-5-9-27)37(44)40-30-10-6-7-11-30/h3-5,8-9,12-21,23,30,35H,6-7,10-11,22,24-25H2,1-2H3,(H,40,44)/t35-/m0/s1. The molecule has 11 heteroatoms. The van der Waals surface area contributed by atoms with E-state index in [4.69, 9.17) is 27.9 Å². The number of nitrogens with one attached hydrogen (secondary N) is 1. The molecule has 1 N–H and O–H groups in total. The number of hydrogen-bond donors (Lipinski definition) is 1. The Morgan fingerprint density at radius 1 is 0.917 bits per heavy atom. The number of amides is 2. The van der Waals surface area contributed by atoms with E-state index in [1.165, 1.54) is 24.1 Å². The molecule has 2 amide bonds. The van der Waals surface area contributed by atoms with Crippen molar-refractivity contribution in [2.24, 2.45) is 0 Å². The van der Waals surface area contributed by atoms with Gasteiger partial charge in [-0.3, -0.25) is 13.9 Å². The SMILES string of the molecule is COc1ccc(N(CC(=O)N(Cc2ccc(Cl)cc2Cl)[C@@H](Cc2ccccc2)C(=O)NC2CCCC2)S(=O)(=O)c2ccc(C)cc2)cc1. The number of nitrogens with zero attached hydrogens (tertiary/aromatic N) is 2. The van der Waals surface area contributed by atoms with Crippen LogP contribution < -0.4 is 14.4 Å². The quantitative estimate of drug-likeness (QED) is 0.159. The summed E-state index contributed by atoms with van der Waals surface area (Å²) in [6, 6.07) is 26.3. The van der Waals surface area contributed by atoms with Gasteiger partial charge in [-0.05, 0) is 79.4 Å². The molecule has 8 nitrogen and oxygen atoms in total. The lowest BCUT2D eigenvalue weighted by Gasteiger charge is -2.34. The van der Waals surface area contributed by atoms with Gasteiger partial charge in [0.1, 0.15) is 18.3 Å². The lowest BCUT2D eigenvalue weighted by Crippen LogP contribution is -2.54. The molecule has 0 saturated heterocycles. The van der Waals surface area contributed by atoms with Crippen LogP contribution in [0.2, 0.25) is 10.0 Å². The Bertz CT molecular complexity index is 1810. The highest BCUT2D eigenvalue weighted by Crippen LogP contribution is 2.29. The summed E-state index contributed by atoms with van der Waals surface area (Å²) < 4.78 is 34.9. The number of halogens is 2. The number of aryl methyl sites for hydroxylation is 1. The first kappa shape index (κ1) is 35.3. The molecule has 4 aromatic carbocycles. The summed E-state index contributed by atoms with van der Waals surface area (Å²) in [5.41, 5.74) is 2.58. The Morgan fingerprint density at radius 3 is 2.21 bits per heavy atom. The minimum atomic E-state index is -4.23. The van der Waals surface area contributed by atoms with Crippen LogP contribution in [0.15, 0.2) is 102 Å². The largest absolute Gasteiger partial charge is 0.497 e. The first-order valence-electron chi connectivity index (χ1n) is 15.9. The molecule has 0 aliphatic heterocycles. The molecule has 1 atom stereocenters. The molecule has 1 fully saturated rings. The first-order chi connectivity index (χ1) is 23.0. The highest BCUT2D eigenvalue weighted by atomic mass is 35.5. The van der Waals surface area contributed by atoms with Crippen molar-refractivity contribution in [1.82, 2.24) is 10.2 Å². The fourth-order valence-corrected chi connectivity index (χ4v) is 7.75. The van der Waals surface area contributed by atoms with Crippen LogP contribution in [0, 0.1) is 6.92 Å². The molecular weight excluding hydrogens is 669 g/mol. The van der Waals surface area contributed by atoms with Gasteiger partial charge in [-0.25, -0.2) is 8.42 Å². The van der Waals surface area contributed by atoms with Gasteiger partial charge in [0.05, 0.1) is 17.7 Å². The van der Waals surface area contributed by atoms with Crippen molar-refractivity contribution in [3.05, 3.63) is 124 Å². The predicted molar refractivity (Wildman–Crippen MR) is 190 cm³/mol. The van der Waals surface area contributed by atoms with Crippen molar-refractivity contribution in [3.63, 3.8) is 0 Å². The third-order valence-electron chi connectivity index (χ3n) is 8.58. The maximum atomic E-state index is 14.7. The van der Waals surface area contributed by atoms with Crippen molar-refractivity contribution in [1.29, 1.82) is 0 Å². The molecule has 5 rings (SSSR count). The van der Waals surface area contributed by atoms with Gasteiger partial charge in [-0.15, -0.1) is 0 Å². The lowest BCUT2D eigenvalue weighted by atomic mass is 10.0. The fourth-order valence-electron chi connectivity index (χ4n) is 5.87. The molecule has 0 spiro atoms. The number of anilines is 1. The van der Waals surface area contributed by atoms with E-state index in [-0.39, 0.29) is 35.5 Å². The maximum Gasteiger partial charge on any atom is 0.264 e. The number of carbonyl (C=O) groups excluding carboxylic acids is 2. The molecule has 0 aromatic heterocycles. The van der Waals surface area contributed by atoms with Crippen molar-refractivity contribution in [2.75, 3.05) is 18.0 Å². The number of ether oxygens (including phenoxy) is 1. The van der Waals surface area contributed by atoms with E-state index in [1.54, 1.807) is 54.6 Å². The van der Waals surface area contributed by atoms with Gasteiger partial charge in [0.25, 0.3) is 10.0 Å². The van der Waals surface area contributed by atoms with Gasteiger partial charge in [-0.2, -0.15) is 0 Å². The highest BCUT2D eigenvalue weighted by molar-refractivity contribution is 7.92. The van der Waals surface area contributed by atoms with Crippen LogP contribution in [0.4, 0.5) is 5.69 Å². The minimum absolute atomic E-state index is 0.00422. The van der Waals surface area contributed by atoms with Gasteiger partial charge < -0.3 is 15.0 Å². The fraction of sp³-hybridized carbons (Fsp3) is 0.297. The molecular formula is C37H39Cl2N3O5S. The van der Waals surface area contributed by atoms with Crippen LogP contribution in [0.3, 0.4) is 0 Å². The molecule has 0 heterocycles. The molecule has 0 bridgehead atoms. The third-order valence-corrected chi connectivity index (χ3v) is 11.0. The zero-order valence-corrected chi connectivity index (χ0v) is 29.3. The second-order valence-corrected chi connectivity index (χ2v) is 14.7. The number of benzene rings is 4. The molecule has 4 aromatic rings. The normalized spacial score (nSPS) is 13.9. The maximum absolute atomic E-state index is 14.7. The molecule has 48 heavy (non-hydrogen) atoms. The second-order valence-electron chi connectivity index (χ2n) is 12.0. The van der Waals surface area contributed by atoms with Gasteiger partial charge in [0, 0.05) is 29.1 Å². The second kappa shape index (κ2) is 15.9. The summed E-state index contributed by atoms with van der Waals surface area (Å²) in [4.78, 5) is 30.3. The Labute approximate surface area is 292 Å². The Hall–Kier alpha value is -4.05. The first-order valence-corrected chi connectivity index (χ1v) is 18.1. The van der Waals surface area contributed by atoms with Crippen molar-refractivity contribution < 1.29 is 22.7 Å². The lowest BCUT2D eigenvalue weighted by molar-refractivity contribution is -0.140. The average molecular weight is 709 g/mol. The van der Waals surface area contributed by atoms with Crippen LogP contribution >= 0.6 is 23.2 Å². The van der Waals surface area contributed by atoms with Crippen molar-refractivity contribution in [2.45, 2.75) is 62.6 Å². The van der Waals surface area contributed by atoms with Crippen LogP contribution in [0.5, 0.6) is 5.75 Å². The van der Waals surface area contributed by atoms with Gasteiger partial charge >= 0.3 is 0 Å². The Kier molecular flexibility index (Phi) is 11.7. The Balaban J connectivity index is 1.58. The number of carbonyl (C=O) groups is 2. The molecule has 0 unspecified atom stereocenters. The summed E-state index contributed by atoms with van der Waals surface area (Å²) in [5, 5.41) is 3.93. The van der Waals surface area contributed by atoms with E-state index < -0.39 is 28.5 Å². The number of hydrogen-bond acceptors (Lipinski definition) is 5. The van der Waals surface area contributed by atoms with Gasteiger partial charge in [-0.1, -0.05) is 90.1 Å². The van der Waals surface area contributed by atoms with Crippen LogP contribution in [-0.2, 0) is 32.6 Å².